The third kappa shape index (κ3) is 1.90. The molecule has 0 spiro atoms. The average Bonchev–Trinajstić information content (AvgIpc) is 2.30. The molecule has 0 amide bonds. The number of hydrogen-bond donors (Lipinski definition) is 2. The number of nitrogens with one attached hydrogen (secondary N) is 1. The van der Waals surface area contributed by atoms with Crippen molar-refractivity contribution in [2.75, 3.05) is 0 Å². The number of nitrogens with two attached hydrogens (primary N) is 1. The number of H-pyrrole nitrogens is 1. The highest BCUT2D eigenvalue weighted by Gasteiger charge is 2.06. The molecule has 1 aromatic heterocycles. The van der Waals surface area contributed by atoms with Crippen LogP contribution in [-0.2, 0) is 6.54 Å². The summed E-state index contributed by atoms with van der Waals surface area (Å²) < 4.78 is 0. The lowest BCUT2D eigenvalue weighted by molar-refractivity contribution is 1.02. The van der Waals surface area contributed by atoms with Crippen molar-refractivity contribution in [2.24, 2.45) is 5.73 Å². The summed E-state index contributed by atoms with van der Waals surface area (Å²) in [5.41, 5.74) is 9.25. The first kappa shape index (κ1) is 10.6. The van der Waals surface area contributed by atoms with Crippen LogP contribution in [0.2, 0.25) is 0 Å². The molecule has 2 rings (SSSR count). The molecule has 3 heteroatoms. The van der Waals surface area contributed by atoms with Crippen molar-refractivity contribution in [1.29, 1.82) is 0 Å². The molecule has 0 aliphatic heterocycles. The van der Waals surface area contributed by atoms with Crippen LogP contribution < -0.4 is 11.3 Å². The summed E-state index contributed by atoms with van der Waals surface area (Å²) in [6, 6.07) is 9.94. The lowest BCUT2D eigenvalue weighted by atomic mass is 10.0. The van der Waals surface area contributed by atoms with Gasteiger partial charge in [0.2, 0.25) is 0 Å². The van der Waals surface area contributed by atoms with Crippen LogP contribution in [0.15, 0.2) is 41.3 Å². The molecule has 0 atom stereocenters. The minimum Gasteiger partial charge on any atom is -0.329 e. The molecule has 3 nitrogen and oxygen atoms in total. The molecule has 1 heterocycles. The van der Waals surface area contributed by atoms with Gasteiger partial charge < -0.3 is 10.7 Å². The average molecular weight is 214 g/mol. The largest absolute Gasteiger partial charge is 0.329 e. The van der Waals surface area contributed by atoms with Gasteiger partial charge in [0.05, 0.1) is 0 Å². The first-order valence-electron chi connectivity index (χ1n) is 5.20. The smallest absolute Gasteiger partial charge is 0.253 e. The van der Waals surface area contributed by atoms with Gasteiger partial charge in [-0.2, -0.15) is 0 Å². The van der Waals surface area contributed by atoms with Crippen LogP contribution in [0, 0.1) is 6.92 Å². The maximum atomic E-state index is 11.6. The molecule has 0 saturated heterocycles. The fraction of sp³-hybridized carbons (Fsp3) is 0.154. The molecule has 0 unspecified atom stereocenters. The summed E-state index contributed by atoms with van der Waals surface area (Å²) in [4.78, 5) is 14.2. The second-order valence-corrected chi connectivity index (χ2v) is 3.77. The minimum atomic E-state index is -0.111. The summed E-state index contributed by atoms with van der Waals surface area (Å²) in [7, 11) is 0. The van der Waals surface area contributed by atoms with E-state index < -0.39 is 0 Å². The maximum absolute atomic E-state index is 11.6. The third-order valence-electron chi connectivity index (χ3n) is 2.63. The van der Waals surface area contributed by atoms with Crippen LogP contribution in [-0.4, -0.2) is 4.98 Å². The molecule has 0 saturated carbocycles. The molecular formula is C13H14N2O. The van der Waals surface area contributed by atoms with Crippen LogP contribution in [0.5, 0.6) is 0 Å². The Morgan fingerprint density at radius 2 is 1.88 bits per heavy atom. The van der Waals surface area contributed by atoms with Gasteiger partial charge in [-0.15, -0.1) is 0 Å². The zero-order chi connectivity index (χ0) is 11.5. The molecule has 0 aliphatic carbocycles. The quantitative estimate of drug-likeness (QED) is 0.801. The molecule has 0 radical (unpaired) electrons. The SMILES string of the molecule is Cc1ccc(-c2cc[nH]c(=O)c2CN)cc1. The monoisotopic (exact) mass is 214 g/mol. The standard InChI is InChI=1S/C13H14N2O/c1-9-2-4-10(5-3-9)11-6-7-15-13(16)12(11)8-14/h2-7H,8,14H2,1H3,(H,15,16). The highest BCUT2D eigenvalue weighted by molar-refractivity contribution is 5.66. The Hall–Kier alpha value is -1.87. The van der Waals surface area contributed by atoms with E-state index in [2.05, 4.69) is 4.98 Å². The lowest BCUT2D eigenvalue weighted by Crippen LogP contribution is -2.16. The summed E-state index contributed by atoms with van der Waals surface area (Å²) in [5.74, 6) is 0. The van der Waals surface area contributed by atoms with Gasteiger partial charge in [0, 0.05) is 18.3 Å². The van der Waals surface area contributed by atoms with E-state index >= 15 is 0 Å². The van der Waals surface area contributed by atoms with E-state index in [9.17, 15) is 4.79 Å². The van der Waals surface area contributed by atoms with Crippen molar-refractivity contribution in [3.05, 3.63) is 58.0 Å². The molecule has 1 aromatic carbocycles. The number of aryl methyl sites for hydroxylation is 1. The number of benzene rings is 1. The number of aromatic amines is 1. The maximum Gasteiger partial charge on any atom is 0.253 e. The second-order valence-electron chi connectivity index (χ2n) is 3.77. The molecule has 0 bridgehead atoms. The molecule has 82 valence electrons. The summed E-state index contributed by atoms with van der Waals surface area (Å²) >= 11 is 0. The molecular weight excluding hydrogens is 200 g/mol. The predicted molar refractivity (Wildman–Crippen MR) is 65.1 cm³/mol. The highest BCUT2D eigenvalue weighted by atomic mass is 16.1. The van der Waals surface area contributed by atoms with Crippen molar-refractivity contribution in [1.82, 2.24) is 4.98 Å². The van der Waals surface area contributed by atoms with Gasteiger partial charge in [-0.25, -0.2) is 0 Å². The zero-order valence-corrected chi connectivity index (χ0v) is 9.16. The van der Waals surface area contributed by atoms with Crippen molar-refractivity contribution < 1.29 is 0 Å². The third-order valence-corrected chi connectivity index (χ3v) is 2.63. The van der Waals surface area contributed by atoms with Gasteiger partial charge in [-0.1, -0.05) is 29.8 Å². The van der Waals surface area contributed by atoms with E-state index in [0.29, 0.717) is 5.56 Å². The number of pyridine rings is 1. The van der Waals surface area contributed by atoms with E-state index in [0.717, 1.165) is 11.1 Å². The van der Waals surface area contributed by atoms with Gasteiger partial charge in [-0.05, 0) is 24.1 Å². The topological polar surface area (TPSA) is 58.9 Å². The Morgan fingerprint density at radius 1 is 1.19 bits per heavy atom. The fourth-order valence-corrected chi connectivity index (χ4v) is 1.72. The first-order chi connectivity index (χ1) is 7.72. The Bertz CT molecular complexity index is 541. The number of hydrogen-bond acceptors (Lipinski definition) is 2. The van der Waals surface area contributed by atoms with Crippen molar-refractivity contribution in [3.63, 3.8) is 0 Å². The molecule has 16 heavy (non-hydrogen) atoms. The van der Waals surface area contributed by atoms with Gasteiger partial charge in [-0.3, -0.25) is 4.79 Å². The number of aromatic nitrogens is 1. The summed E-state index contributed by atoms with van der Waals surface area (Å²) in [5, 5.41) is 0. The zero-order valence-electron chi connectivity index (χ0n) is 9.16. The summed E-state index contributed by atoms with van der Waals surface area (Å²) in [6.45, 7) is 2.28. The minimum absolute atomic E-state index is 0.111. The van der Waals surface area contributed by atoms with Crippen LogP contribution in [0.25, 0.3) is 11.1 Å². The molecule has 3 N–H and O–H groups in total. The van der Waals surface area contributed by atoms with Gasteiger partial charge in [0.25, 0.3) is 5.56 Å². The van der Waals surface area contributed by atoms with E-state index in [4.69, 9.17) is 5.73 Å². The van der Waals surface area contributed by atoms with Gasteiger partial charge in [0.15, 0.2) is 0 Å². The predicted octanol–water partition coefficient (Wildman–Crippen LogP) is 1.81. The van der Waals surface area contributed by atoms with Crippen LogP contribution in [0.4, 0.5) is 0 Å². The normalized spacial score (nSPS) is 10.4. The van der Waals surface area contributed by atoms with Crippen LogP contribution >= 0.6 is 0 Å². The number of rotatable bonds is 2. The lowest BCUT2D eigenvalue weighted by Gasteiger charge is -2.06. The van der Waals surface area contributed by atoms with Gasteiger partial charge >= 0.3 is 0 Å². The van der Waals surface area contributed by atoms with E-state index in [-0.39, 0.29) is 12.1 Å². The highest BCUT2D eigenvalue weighted by Crippen LogP contribution is 2.21. The summed E-state index contributed by atoms with van der Waals surface area (Å²) in [6.07, 6.45) is 1.65. The molecule has 0 aliphatic rings. The van der Waals surface area contributed by atoms with Crippen molar-refractivity contribution >= 4 is 0 Å². The molecule has 2 aromatic rings. The Kier molecular flexibility index (Phi) is 2.88. The Labute approximate surface area is 93.9 Å². The van der Waals surface area contributed by atoms with Crippen molar-refractivity contribution in [3.8, 4) is 11.1 Å². The van der Waals surface area contributed by atoms with E-state index in [1.807, 2.05) is 37.3 Å². The first-order valence-corrected chi connectivity index (χ1v) is 5.20. The van der Waals surface area contributed by atoms with Crippen molar-refractivity contribution in [2.45, 2.75) is 13.5 Å². The second kappa shape index (κ2) is 4.33. The Balaban J connectivity index is 2.60. The van der Waals surface area contributed by atoms with E-state index in [1.165, 1.54) is 5.56 Å². The fourth-order valence-electron chi connectivity index (χ4n) is 1.72. The van der Waals surface area contributed by atoms with Gasteiger partial charge in [0.1, 0.15) is 0 Å². The van der Waals surface area contributed by atoms with Crippen LogP contribution in [0.1, 0.15) is 11.1 Å². The Morgan fingerprint density at radius 3 is 2.50 bits per heavy atom. The van der Waals surface area contributed by atoms with Crippen LogP contribution in [0.3, 0.4) is 0 Å². The molecule has 0 fully saturated rings. The van der Waals surface area contributed by atoms with E-state index in [1.54, 1.807) is 6.20 Å².